The molecule has 0 spiro atoms. The second-order valence-electron chi connectivity index (χ2n) is 2.81. The minimum Gasteiger partial charge on any atom is -0.491 e. The van der Waals surface area contributed by atoms with Crippen molar-refractivity contribution in [1.29, 1.82) is 0 Å². The van der Waals surface area contributed by atoms with E-state index in [2.05, 4.69) is 4.98 Å². The van der Waals surface area contributed by atoms with Gasteiger partial charge in [-0.15, -0.1) is 0 Å². The summed E-state index contributed by atoms with van der Waals surface area (Å²) in [6.07, 6.45) is 1.78. The largest absolute Gasteiger partial charge is 0.491 e. The molecule has 1 N–H and O–H groups in total. The van der Waals surface area contributed by atoms with Crippen molar-refractivity contribution in [3.05, 3.63) is 24.0 Å². The average Bonchev–Trinajstić information content (AvgIpc) is 2.03. The second kappa shape index (κ2) is 4.07. The molecule has 0 amide bonds. The van der Waals surface area contributed by atoms with E-state index in [0.717, 1.165) is 5.75 Å². The molecule has 3 heteroatoms. The number of hydrogen-bond acceptors (Lipinski definition) is 3. The molecular weight excluding hydrogens is 154 g/mol. The van der Waals surface area contributed by atoms with Gasteiger partial charge in [-0.05, 0) is 19.9 Å². The molecule has 0 aliphatic carbocycles. The number of nitrogens with zero attached hydrogens (tertiary/aromatic N) is 1. The molecule has 0 fully saturated rings. The molecule has 0 aliphatic rings. The number of ether oxygens (including phenoxy) is 1. The lowest BCUT2D eigenvalue weighted by Crippen LogP contribution is -2.05. The van der Waals surface area contributed by atoms with E-state index in [-0.39, 0.29) is 12.7 Å². The van der Waals surface area contributed by atoms with Crippen LogP contribution < -0.4 is 4.74 Å². The van der Waals surface area contributed by atoms with Crippen molar-refractivity contribution in [3.63, 3.8) is 0 Å². The molecule has 1 aromatic rings. The van der Waals surface area contributed by atoms with E-state index in [9.17, 15) is 0 Å². The van der Waals surface area contributed by atoms with Crippen LogP contribution in [0.3, 0.4) is 0 Å². The van der Waals surface area contributed by atoms with Crippen LogP contribution in [0.25, 0.3) is 0 Å². The Morgan fingerprint density at radius 3 is 2.92 bits per heavy atom. The number of pyridine rings is 1. The van der Waals surface area contributed by atoms with Crippen LogP contribution in [-0.4, -0.2) is 16.2 Å². The van der Waals surface area contributed by atoms with Gasteiger partial charge in [-0.25, -0.2) is 0 Å². The first-order valence-electron chi connectivity index (χ1n) is 3.95. The minimum absolute atomic E-state index is 0.0463. The highest BCUT2D eigenvalue weighted by Gasteiger charge is 1.98. The van der Waals surface area contributed by atoms with Crippen LogP contribution in [0, 0.1) is 0 Å². The normalized spacial score (nSPS) is 10.3. The van der Waals surface area contributed by atoms with Crippen LogP contribution >= 0.6 is 0 Å². The summed E-state index contributed by atoms with van der Waals surface area (Å²) in [7, 11) is 0. The van der Waals surface area contributed by atoms with Crippen LogP contribution in [0.2, 0.25) is 0 Å². The van der Waals surface area contributed by atoms with Crippen molar-refractivity contribution in [2.75, 3.05) is 0 Å². The third-order valence-electron chi connectivity index (χ3n) is 1.32. The molecule has 0 aliphatic heterocycles. The Kier molecular flexibility index (Phi) is 3.05. The maximum atomic E-state index is 8.78. The number of rotatable bonds is 3. The van der Waals surface area contributed by atoms with E-state index in [0.29, 0.717) is 5.69 Å². The third-order valence-corrected chi connectivity index (χ3v) is 1.32. The van der Waals surface area contributed by atoms with Crippen LogP contribution in [0.15, 0.2) is 18.3 Å². The summed E-state index contributed by atoms with van der Waals surface area (Å²) in [5.41, 5.74) is 0.633. The molecule has 1 rings (SSSR count). The number of aliphatic hydroxyl groups excluding tert-OH is 1. The smallest absolute Gasteiger partial charge is 0.123 e. The zero-order valence-electron chi connectivity index (χ0n) is 7.32. The highest BCUT2D eigenvalue weighted by Crippen LogP contribution is 2.12. The summed E-state index contributed by atoms with van der Waals surface area (Å²) >= 11 is 0. The third kappa shape index (κ3) is 2.51. The van der Waals surface area contributed by atoms with Gasteiger partial charge in [-0.2, -0.15) is 0 Å². The van der Waals surface area contributed by atoms with E-state index < -0.39 is 0 Å². The first kappa shape index (κ1) is 9.00. The van der Waals surface area contributed by atoms with Gasteiger partial charge in [0.15, 0.2) is 0 Å². The fourth-order valence-corrected chi connectivity index (χ4v) is 0.888. The lowest BCUT2D eigenvalue weighted by Gasteiger charge is -2.09. The van der Waals surface area contributed by atoms with Gasteiger partial charge in [-0.3, -0.25) is 4.98 Å². The standard InChI is InChI=1S/C9H13NO2/c1-7(2)12-9-3-4-10-8(5-9)6-11/h3-5,7,11H,6H2,1-2H3. The Labute approximate surface area is 72.0 Å². The molecule has 0 saturated heterocycles. The lowest BCUT2D eigenvalue weighted by atomic mass is 10.3. The van der Waals surface area contributed by atoms with Crippen LogP contribution in [0.1, 0.15) is 19.5 Å². The molecule has 0 radical (unpaired) electrons. The summed E-state index contributed by atoms with van der Waals surface area (Å²) in [5, 5.41) is 8.78. The molecule has 3 nitrogen and oxygen atoms in total. The van der Waals surface area contributed by atoms with Gasteiger partial charge in [0, 0.05) is 12.3 Å². The second-order valence-corrected chi connectivity index (χ2v) is 2.81. The Balaban J connectivity index is 2.72. The van der Waals surface area contributed by atoms with Crippen molar-refractivity contribution in [2.24, 2.45) is 0 Å². The van der Waals surface area contributed by atoms with E-state index >= 15 is 0 Å². The van der Waals surface area contributed by atoms with E-state index in [1.54, 1.807) is 18.3 Å². The maximum Gasteiger partial charge on any atom is 0.123 e. The van der Waals surface area contributed by atoms with Crippen molar-refractivity contribution in [1.82, 2.24) is 4.98 Å². The van der Waals surface area contributed by atoms with Gasteiger partial charge in [0.2, 0.25) is 0 Å². The van der Waals surface area contributed by atoms with Crippen molar-refractivity contribution in [2.45, 2.75) is 26.6 Å². The topological polar surface area (TPSA) is 42.4 Å². The summed E-state index contributed by atoms with van der Waals surface area (Å²) < 4.78 is 5.41. The van der Waals surface area contributed by atoms with E-state index in [4.69, 9.17) is 9.84 Å². The molecule has 1 aromatic heterocycles. The van der Waals surface area contributed by atoms with Crippen molar-refractivity contribution >= 4 is 0 Å². The number of hydrogen-bond donors (Lipinski definition) is 1. The summed E-state index contributed by atoms with van der Waals surface area (Å²) in [6.45, 7) is 3.87. The van der Waals surface area contributed by atoms with Gasteiger partial charge in [0.1, 0.15) is 5.75 Å². The summed E-state index contributed by atoms with van der Waals surface area (Å²) in [6, 6.07) is 3.51. The molecule has 66 valence electrons. The Hall–Kier alpha value is -1.09. The van der Waals surface area contributed by atoms with Gasteiger partial charge in [-0.1, -0.05) is 0 Å². The maximum absolute atomic E-state index is 8.78. The molecule has 0 aromatic carbocycles. The van der Waals surface area contributed by atoms with Crippen molar-refractivity contribution in [3.8, 4) is 5.75 Å². The zero-order chi connectivity index (χ0) is 8.97. The average molecular weight is 167 g/mol. The molecular formula is C9H13NO2. The van der Waals surface area contributed by atoms with Crippen LogP contribution in [0.4, 0.5) is 0 Å². The lowest BCUT2D eigenvalue weighted by molar-refractivity contribution is 0.239. The fraction of sp³-hybridized carbons (Fsp3) is 0.444. The predicted molar refractivity (Wildman–Crippen MR) is 45.9 cm³/mol. The highest BCUT2D eigenvalue weighted by atomic mass is 16.5. The number of aliphatic hydroxyl groups is 1. The Morgan fingerprint density at radius 2 is 2.33 bits per heavy atom. The number of aromatic nitrogens is 1. The summed E-state index contributed by atoms with van der Waals surface area (Å²) in [5.74, 6) is 0.754. The van der Waals surface area contributed by atoms with Gasteiger partial charge >= 0.3 is 0 Å². The molecule has 0 bridgehead atoms. The van der Waals surface area contributed by atoms with Gasteiger partial charge in [0.25, 0.3) is 0 Å². The quantitative estimate of drug-likeness (QED) is 0.739. The molecule has 12 heavy (non-hydrogen) atoms. The van der Waals surface area contributed by atoms with Gasteiger partial charge in [0.05, 0.1) is 18.4 Å². The van der Waals surface area contributed by atoms with E-state index in [1.807, 2.05) is 13.8 Å². The first-order chi connectivity index (χ1) is 5.72. The monoisotopic (exact) mass is 167 g/mol. The molecule has 1 heterocycles. The molecule has 0 atom stereocenters. The van der Waals surface area contributed by atoms with Crippen LogP contribution in [0.5, 0.6) is 5.75 Å². The Morgan fingerprint density at radius 1 is 1.58 bits per heavy atom. The van der Waals surface area contributed by atoms with Crippen molar-refractivity contribution < 1.29 is 9.84 Å². The molecule has 0 unspecified atom stereocenters. The highest BCUT2D eigenvalue weighted by molar-refractivity contribution is 5.22. The SMILES string of the molecule is CC(C)Oc1ccnc(CO)c1. The van der Waals surface area contributed by atoms with E-state index in [1.165, 1.54) is 0 Å². The van der Waals surface area contributed by atoms with Crippen LogP contribution in [-0.2, 0) is 6.61 Å². The summed E-state index contributed by atoms with van der Waals surface area (Å²) in [4.78, 5) is 3.94. The zero-order valence-corrected chi connectivity index (χ0v) is 7.32. The van der Waals surface area contributed by atoms with Gasteiger partial charge < -0.3 is 9.84 Å². The fourth-order valence-electron chi connectivity index (χ4n) is 0.888. The Bertz CT molecular complexity index is 248. The molecule has 0 saturated carbocycles. The minimum atomic E-state index is -0.0463. The predicted octanol–water partition coefficient (Wildman–Crippen LogP) is 1.36. The first-order valence-corrected chi connectivity index (χ1v) is 3.95.